The van der Waals surface area contributed by atoms with Crippen molar-refractivity contribution in [2.45, 2.75) is 188 Å². The van der Waals surface area contributed by atoms with E-state index in [1.54, 1.807) is 0 Å². The van der Waals surface area contributed by atoms with Crippen LogP contribution in [0.1, 0.15) is 188 Å². The summed E-state index contributed by atoms with van der Waals surface area (Å²) in [6, 6.07) is 0. The van der Waals surface area contributed by atoms with Crippen molar-refractivity contribution in [1.82, 2.24) is 4.90 Å². The van der Waals surface area contributed by atoms with Gasteiger partial charge in [0, 0.05) is 13.0 Å². The van der Waals surface area contributed by atoms with Crippen molar-refractivity contribution in [3.63, 3.8) is 0 Å². The summed E-state index contributed by atoms with van der Waals surface area (Å²) in [4.78, 5) is 13.0. The first kappa shape index (κ1) is 36.6. The van der Waals surface area contributed by atoms with Crippen LogP contribution < -0.4 is 0 Å². The molecule has 0 fully saturated rings. The molecule has 2 heteroatoms. The number of rotatable bonds is 31. The molecule has 0 spiro atoms. The van der Waals surface area contributed by atoms with E-state index < -0.39 is 0 Å². The van der Waals surface area contributed by atoms with E-state index in [1.807, 2.05) is 0 Å². The molecule has 0 amide bonds. The molecule has 0 rings (SSSR count). The van der Waals surface area contributed by atoms with Gasteiger partial charge in [-0.3, -0.25) is 0 Å². The molecule has 2 atom stereocenters. The lowest BCUT2D eigenvalue weighted by atomic mass is 9.86. The van der Waals surface area contributed by atoms with Crippen molar-refractivity contribution in [2.75, 3.05) is 20.1 Å². The van der Waals surface area contributed by atoms with Gasteiger partial charge < -0.3 is 9.69 Å². The van der Waals surface area contributed by atoms with E-state index in [2.05, 4.69) is 32.7 Å². The van der Waals surface area contributed by atoms with E-state index in [1.165, 1.54) is 167 Å². The van der Waals surface area contributed by atoms with Gasteiger partial charge in [0.25, 0.3) is 0 Å². The van der Waals surface area contributed by atoms with E-state index in [9.17, 15) is 4.79 Å². The number of unbranched alkanes of at least 4 members (excludes halogenated alkanes) is 20. The van der Waals surface area contributed by atoms with Gasteiger partial charge in [0.15, 0.2) is 0 Å². The molecule has 0 bridgehead atoms. The molecule has 0 aliphatic heterocycles. The van der Waals surface area contributed by atoms with Gasteiger partial charge in [-0.2, -0.15) is 0 Å². The van der Waals surface area contributed by atoms with E-state index in [0.717, 1.165) is 31.0 Å². The molecular formula is C35H71NO. The molecule has 0 radical (unpaired) electrons. The summed E-state index contributed by atoms with van der Waals surface area (Å²) in [5.41, 5.74) is 0. The highest BCUT2D eigenvalue weighted by Gasteiger charge is 2.15. The zero-order valence-corrected chi connectivity index (χ0v) is 26.4. The third kappa shape index (κ3) is 28.5. The van der Waals surface area contributed by atoms with Crippen LogP contribution in [0.25, 0.3) is 0 Å². The van der Waals surface area contributed by atoms with Crippen molar-refractivity contribution in [2.24, 2.45) is 11.8 Å². The van der Waals surface area contributed by atoms with Crippen molar-refractivity contribution >= 4 is 6.29 Å². The van der Waals surface area contributed by atoms with Crippen LogP contribution in [0.15, 0.2) is 0 Å². The maximum atomic E-state index is 10.4. The smallest absolute Gasteiger partial charge is 0.119 e. The Morgan fingerprint density at radius 3 is 1.43 bits per heavy atom. The fourth-order valence-corrected chi connectivity index (χ4v) is 6.10. The molecule has 2 nitrogen and oxygen atoms in total. The number of hydrogen-bond acceptors (Lipinski definition) is 2. The monoisotopic (exact) mass is 522 g/mol. The summed E-state index contributed by atoms with van der Waals surface area (Å²) in [7, 11) is 2.35. The highest BCUT2D eigenvalue weighted by Crippen LogP contribution is 2.26. The molecule has 37 heavy (non-hydrogen) atoms. The second-order valence-electron chi connectivity index (χ2n) is 12.6. The molecule has 0 N–H and O–H groups in total. The molecule has 0 aromatic rings. The number of carbonyl (C=O) groups excluding carboxylic acids is 1. The summed E-state index contributed by atoms with van der Waals surface area (Å²) in [5.74, 6) is 1.79. The minimum atomic E-state index is 0.754. The van der Waals surface area contributed by atoms with Crippen LogP contribution in [0.2, 0.25) is 0 Å². The molecule has 0 saturated heterocycles. The van der Waals surface area contributed by atoms with Gasteiger partial charge in [0.05, 0.1) is 0 Å². The summed E-state index contributed by atoms with van der Waals surface area (Å²) < 4.78 is 0. The fraction of sp³-hybridized carbons (Fsp3) is 0.971. The van der Waals surface area contributed by atoms with Gasteiger partial charge in [0.2, 0.25) is 0 Å². The number of hydrogen-bond donors (Lipinski definition) is 0. The average Bonchev–Trinajstić information content (AvgIpc) is 2.88. The van der Waals surface area contributed by atoms with Gasteiger partial charge in [-0.1, -0.05) is 162 Å². The lowest BCUT2D eigenvalue weighted by Gasteiger charge is -2.25. The van der Waals surface area contributed by atoms with Crippen molar-refractivity contribution in [3.05, 3.63) is 0 Å². The molecule has 0 aromatic heterocycles. The number of aldehydes is 1. The van der Waals surface area contributed by atoms with E-state index >= 15 is 0 Å². The molecule has 222 valence electrons. The summed E-state index contributed by atoms with van der Waals surface area (Å²) in [6.07, 6.45) is 36.9. The SMILES string of the molecule is CCCCCCCCCCC(CCCCCCCC)CC(C)CN(C)CCCCCCCCCCC=O. The highest BCUT2D eigenvalue weighted by molar-refractivity contribution is 5.48. The van der Waals surface area contributed by atoms with Gasteiger partial charge >= 0.3 is 0 Å². The van der Waals surface area contributed by atoms with Crippen LogP contribution in [0.5, 0.6) is 0 Å². The highest BCUT2D eigenvalue weighted by atomic mass is 16.1. The van der Waals surface area contributed by atoms with Crippen molar-refractivity contribution in [1.29, 1.82) is 0 Å². The Morgan fingerprint density at radius 1 is 0.568 bits per heavy atom. The number of nitrogens with zero attached hydrogens (tertiary/aromatic N) is 1. The Hall–Kier alpha value is -0.370. The van der Waals surface area contributed by atoms with Crippen LogP contribution in [0, 0.1) is 11.8 Å². The molecule has 0 aliphatic rings. The third-order valence-electron chi connectivity index (χ3n) is 8.40. The number of carbonyl (C=O) groups is 1. The van der Waals surface area contributed by atoms with Crippen LogP contribution in [0.3, 0.4) is 0 Å². The first-order valence-electron chi connectivity index (χ1n) is 17.3. The van der Waals surface area contributed by atoms with Crippen molar-refractivity contribution in [3.8, 4) is 0 Å². The molecule has 0 heterocycles. The maximum Gasteiger partial charge on any atom is 0.119 e. The summed E-state index contributed by atoms with van der Waals surface area (Å²) in [5, 5.41) is 0. The second kappa shape index (κ2) is 30.2. The maximum absolute atomic E-state index is 10.4. The third-order valence-corrected chi connectivity index (χ3v) is 8.40. The van der Waals surface area contributed by atoms with Gasteiger partial charge in [-0.25, -0.2) is 0 Å². The second-order valence-corrected chi connectivity index (χ2v) is 12.6. The predicted octanol–water partition coefficient (Wildman–Crippen LogP) is 11.6. The first-order chi connectivity index (χ1) is 18.1. The Balaban J connectivity index is 4.06. The average molecular weight is 522 g/mol. The standard InChI is InChI=1S/C35H71NO/c1-5-7-9-11-13-17-21-25-29-35(28-24-20-12-10-8-6-2)32-34(3)33-36(4)30-26-22-18-15-14-16-19-23-27-31-37/h31,34-35H,5-30,32-33H2,1-4H3. The van der Waals surface area contributed by atoms with Crippen molar-refractivity contribution < 1.29 is 4.79 Å². The quantitative estimate of drug-likeness (QED) is 0.0667. The zero-order chi connectivity index (χ0) is 27.2. The van der Waals surface area contributed by atoms with Gasteiger partial charge in [0.1, 0.15) is 6.29 Å². The summed E-state index contributed by atoms with van der Waals surface area (Å²) >= 11 is 0. The Morgan fingerprint density at radius 2 is 0.973 bits per heavy atom. The van der Waals surface area contributed by atoms with E-state index in [-0.39, 0.29) is 0 Å². The predicted molar refractivity (Wildman–Crippen MR) is 168 cm³/mol. The van der Waals surface area contributed by atoms with E-state index in [4.69, 9.17) is 0 Å². The van der Waals surface area contributed by atoms with Crippen LogP contribution >= 0.6 is 0 Å². The summed E-state index contributed by atoms with van der Waals surface area (Å²) in [6.45, 7) is 9.70. The Bertz CT molecular complexity index is 437. The normalized spacial score (nSPS) is 13.3. The minimum absolute atomic E-state index is 0.754. The van der Waals surface area contributed by atoms with Crippen LogP contribution in [-0.4, -0.2) is 31.3 Å². The molecule has 0 aromatic carbocycles. The lowest BCUT2D eigenvalue weighted by molar-refractivity contribution is -0.107. The van der Waals surface area contributed by atoms with E-state index in [0.29, 0.717) is 0 Å². The minimum Gasteiger partial charge on any atom is -0.306 e. The molecule has 0 aliphatic carbocycles. The fourth-order valence-electron chi connectivity index (χ4n) is 6.10. The van der Waals surface area contributed by atoms with Gasteiger partial charge in [-0.05, 0) is 44.7 Å². The van der Waals surface area contributed by atoms with Crippen LogP contribution in [0.4, 0.5) is 0 Å². The Labute approximate surface area is 235 Å². The topological polar surface area (TPSA) is 20.3 Å². The van der Waals surface area contributed by atoms with Crippen LogP contribution in [-0.2, 0) is 4.79 Å². The molecule has 0 saturated carbocycles. The van der Waals surface area contributed by atoms with Gasteiger partial charge in [-0.15, -0.1) is 0 Å². The zero-order valence-electron chi connectivity index (χ0n) is 26.4. The molecular weight excluding hydrogens is 450 g/mol. The Kier molecular flexibility index (Phi) is 29.9. The molecule has 2 unspecified atom stereocenters. The largest absolute Gasteiger partial charge is 0.306 e. The first-order valence-corrected chi connectivity index (χ1v) is 17.3. The lowest BCUT2D eigenvalue weighted by Crippen LogP contribution is -2.26.